The number of ether oxygens (including phenoxy) is 2. The summed E-state index contributed by atoms with van der Waals surface area (Å²) in [5, 5.41) is 0. The zero-order valence-corrected chi connectivity index (χ0v) is 10.5. The molecule has 15 heavy (non-hydrogen) atoms. The van der Waals surface area contributed by atoms with Crippen LogP contribution in [0.2, 0.25) is 12.6 Å². The van der Waals surface area contributed by atoms with Crippen LogP contribution in [-0.2, 0) is 18.3 Å². The fourth-order valence-corrected chi connectivity index (χ4v) is 3.67. The summed E-state index contributed by atoms with van der Waals surface area (Å²) >= 11 is 0. The van der Waals surface area contributed by atoms with Crippen molar-refractivity contribution in [3.05, 3.63) is 0 Å². The highest BCUT2D eigenvalue weighted by Crippen LogP contribution is 2.21. The van der Waals surface area contributed by atoms with Gasteiger partial charge in [-0.1, -0.05) is 6.92 Å². The van der Waals surface area contributed by atoms with Crippen LogP contribution in [0.25, 0.3) is 0 Å². The van der Waals surface area contributed by atoms with Crippen molar-refractivity contribution < 1.29 is 18.3 Å². The summed E-state index contributed by atoms with van der Waals surface area (Å²) in [4.78, 5) is 0. The highest BCUT2D eigenvalue weighted by Gasteiger charge is 2.36. The molecule has 0 aromatic heterocycles. The molecule has 0 saturated carbocycles. The van der Waals surface area contributed by atoms with Crippen molar-refractivity contribution in [1.29, 1.82) is 0 Å². The molecule has 0 aromatic rings. The summed E-state index contributed by atoms with van der Waals surface area (Å²) in [6, 6.07) is 0.923. The highest BCUT2D eigenvalue weighted by atomic mass is 28.4. The first-order valence-corrected chi connectivity index (χ1v) is 8.17. The normalized spacial score (nSPS) is 40.4. The van der Waals surface area contributed by atoms with Gasteiger partial charge in [0.1, 0.15) is 6.10 Å². The van der Waals surface area contributed by atoms with E-state index in [-0.39, 0.29) is 0 Å². The molecule has 1 atom stereocenters. The van der Waals surface area contributed by atoms with Gasteiger partial charge >= 0.3 is 8.56 Å². The Kier molecular flexibility index (Phi) is 3.79. The third kappa shape index (κ3) is 3.84. The van der Waals surface area contributed by atoms with Crippen LogP contribution in [-0.4, -0.2) is 47.7 Å². The summed E-state index contributed by atoms with van der Waals surface area (Å²) in [7, 11) is -1.90. The minimum absolute atomic E-state index is 0.354. The Bertz CT molecular complexity index is 200. The zero-order valence-electron chi connectivity index (χ0n) is 9.53. The van der Waals surface area contributed by atoms with Gasteiger partial charge in [-0.05, 0) is 6.55 Å². The van der Waals surface area contributed by atoms with Gasteiger partial charge in [-0.2, -0.15) is 0 Å². The Morgan fingerprint density at radius 3 is 2.53 bits per heavy atom. The van der Waals surface area contributed by atoms with Crippen molar-refractivity contribution in [3.8, 4) is 0 Å². The van der Waals surface area contributed by atoms with Crippen LogP contribution in [0, 0.1) is 5.92 Å². The van der Waals surface area contributed by atoms with Crippen molar-refractivity contribution in [2.45, 2.75) is 25.6 Å². The molecule has 2 rings (SSSR count). The van der Waals surface area contributed by atoms with E-state index in [4.69, 9.17) is 18.3 Å². The molecule has 0 aromatic carbocycles. The van der Waals surface area contributed by atoms with Gasteiger partial charge in [-0.3, -0.25) is 0 Å². The Balaban J connectivity index is 1.59. The molecule has 0 bridgehead atoms. The third-order valence-electron chi connectivity index (χ3n) is 2.75. The van der Waals surface area contributed by atoms with Crippen LogP contribution in [0.3, 0.4) is 0 Å². The number of epoxide rings is 1. The molecular formula is C10H20O4Si. The van der Waals surface area contributed by atoms with E-state index in [0.717, 1.165) is 39.1 Å². The van der Waals surface area contributed by atoms with Gasteiger partial charge in [0.15, 0.2) is 0 Å². The molecule has 2 aliphatic heterocycles. The van der Waals surface area contributed by atoms with Gasteiger partial charge in [0.2, 0.25) is 0 Å². The highest BCUT2D eigenvalue weighted by molar-refractivity contribution is 6.66. The average Bonchev–Trinajstić information content (AvgIpc) is 3.02. The lowest BCUT2D eigenvalue weighted by Gasteiger charge is -2.34. The molecule has 2 saturated heterocycles. The number of hydrogen-bond donors (Lipinski definition) is 0. The molecule has 5 heteroatoms. The molecule has 1 unspecified atom stereocenters. The summed E-state index contributed by atoms with van der Waals surface area (Å²) in [5.74, 6) is 0.534. The van der Waals surface area contributed by atoms with E-state index in [1.807, 2.05) is 0 Å². The number of hydrogen-bond acceptors (Lipinski definition) is 4. The van der Waals surface area contributed by atoms with Crippen LogP contribution in [0.15, 0.2) is 0 Å². The van der Waals surface area contributed by atoms with E-state index < -0.39 is 8.56 Å². The van der Waals surface area contributed by atoms with E-state index in [1.165, 1.54) is 0 Å². The molecule has 2 heterocycles. The molecule has 0 aliphatic carbocycles. The van der Waals surface area contributed by atoms with E-state index in [9.17, 15) is 0 Å². The topological polar surface area (TPSA) is 40.2 Å². The summed E-state index contributed by atoms with van der Waals surface area (Å²) in [6.45, 7) is 8.27. The van der Waals surface area contributed by atoms with Crippen molar-refractivity contribution in [2.75, 3.05) is 33.0 Å². The SMILES string of the molecule is CC1CO[Si](C)(CCOCC2CO2)OC1. The lowest BCUT2D eigenvalue weighted by molar-refractivity contribution is 0.0596. The predicted octanol–water partition coefficient (Wildman–Crippen LogP) is 1.16. The van der Waals surface area contributed by atoms with Gasteiger partial charge in [-0.25, -0.2) is 0 Å². The Morgan fingerprint density at radius 2 is 1.93 bits per heavy atom. The van der Waals surface area contributed by atoms with Crippen LogP contribution in [0.5, 0.6) is 0 Å². The first-order valence-electron chi connectivity index (χ1n) is 5.65. The minimum atomic E-state index is -1.90. The Morgan fingerprint density at radius 1 is 1.27 bits per heavy atom. The first kappa shape index (κ1) is 11.5. The molecule has 88 valence electrons. The first-order chi connectivity index (χ1) is 7.18. The van der Waals surface area contributed by atoms with Gasteiger partial charge in [0, 0.05) is 31.8 Å². The largest absolute Gasteiger partial charge is 0.394 e. The number of rotatable bonds is 5. The summed E-state index contributed by atoms with van der Waals surface area (Å²) in [6.07, 6.45) is 0.354. The fourth-order valence-electron chi connectivity index (χ4n) is 1.51. The maximum absolute atomic E-state index is 5.81. The van der Waals surface area contributed by atoms with E-state index >= 15 is 0 Å². The zero-order chi connectivity index (χ0) is 10.7. The van der Waals surface area contributed by atoms with Crippen LogP contribution >= 0.6 is 0 Å². The maximum Gasteiger partial charge on any atom is 0.337 e. The van der Waals surface area contributed by atoms with Crippen molar-refractivity contribution >= 4 is 8.56 Å². The molecule has 0 radical (unpaired) electrons. The smallest absolute Gasteiger partial charge is 0.337 e. The average molecular weight is 232 g/mol. The van der Waals surface area contributed by atoms with Crippen LogP contribution in [0.1, 0.15) is 6.92 Å². The molecule has 4 nitrogen and oxygen atoms in total. The monoisotopic (exact) mass is 232 g/mol. The van der Waals surface area contributed by atoms with Gasteiger partial charge < -0.3 is 18.3 Å². The Labute approximate surface area is 92.1 Å². The second kappa shape index (κ2) is 4.93. The summed E-state index contributed by atoms with van der Waals surface area (Å²) < 4.78 is 22.2. The van der Waals surface area contributed by atoms with Crippen molar-refractivity contribution in [2.24, 2.45) is 5.92 Å². The molecule has 2 fully saturated rings. The van der Waals surface area contributed by atoms with Crippen molar-refractivity contribution in [3.63, 3.8) is 0 Å². The van der Waals surface area contributed by atoms with Gasteiger partial charge in [0.25, 0.3) is 0 Å². The van der Waals surface area contributed by atoms with Gasteiger partial charge in [0.05, 0.1) is 13.2 Å². The molecule has 2 aliphatic rings. The van der Waals surface area contributed by atoms with Crippen LogP contribution in [0.4, 0.5) is 0 Å². The molecule has 0 amide bonds. The Hall–Kier alpha value is 0.0569. The van der Waals surface area contributed by atoms with E-state index in [2.05, 4.69) is 13.5 Å². The summed E-state index contributed by atoms with van der Waals surface area (Å²) in [5.41, 5.74) is 0. The predicted molar refractivity (Wildman–Crippen MR) is 58.1 cm³/mol. The van der Waals surface area contributed by atoms with Gasteiger partial charge in [-0.15, -0.1) is 0 Å². The maximum atomic E-state index is 5.81. The third-order valence-corrected chi connectivity index (χ3v) is 5.42. The second-order valence-electron chi connectivity index (χ2n) is 4.64. The lowest BCUT2D eigenvalue weighted by atomic mass is 10.2. The standard InChI is InChI=1S/C10H20O4Si/c1-9-5-13-15(2,14-6-9)4-3-11-7-10-8-12-10/h9-10H,3-8H2,1-2H3. The quantitative estimate of drug-likeness (QED) is 0.405. The van der Waals surface area contributed by atoms with Crippen molar-refractivity contribution in [1.82, 2.24) is 0 Å². The fraction of sp³-hybridized carbons (Fsp3) is 1.00. The molecule has 0 spiro atoms. The minimum Gasteiger partial charge on any atom is -0.394 e. The van der Waals surface area contributed by atoms with E-state index in [1.54, 1.807) is 0 Å². The second-order valence-corrected chi connectivity index (χ2v) is 7.99. The molecular weight excluding hydrogens is 212 g/mol. The van der Waals surface area contributed by atoms with Crippen LogP contribution < -0.4 is 0 Å². The molecule has 0 N–H and O–H groups in total. The lowest BCUT2D eigenvalue weighted by Crippen LogP contribution is -2.46. The van der Waals surface area contributed by atoms with E-state index in [0.29, 0.717) is 12.0 Å².